The number of nitrogens with zero attached hydrogens (tertiary/aromatic N) is 2. The number of likely N-dealkylation sites (tertiary alicyclic amines) is 1. The molecule has 2 heterocycles. The normalized spacial score (nSPS) is 17.6. The molecule has 0 bridgehead atoms. The third kappa shape index (κ3) is 6.24. The van der Waals surface area contributed by atoms with Crippen LogP contribution in [-0.4, -0.2) is 39.8 Å². The molecule has 0 spiro atoms. The molecule has 1 atom stereocenters. The summed E-state index contributed by atoms with van der Waals surface area (Å²) >= 11 is 0. The summed E-state index contributed by atoms with van der Waals surface area (Å²) in [7, 11) is 0. The Balaban J connectivity index is 1.51. The lowest BCUT2D eigenvalue weighted by molar-refractivity contribution is -0.143. The number of H-pyrrole nitrogens is 2. The highest BCUT2D eigenvalue weighted by atomic mass is 19.4. The lowest BCUT2D eigenvalue weighted by atomic mass is 9.73. The molecule has 12 heteroatoms. The molecule has 4 rings (SSSR count). The van der Waals surface area contributed by atoms with E-state index < -0.39 is 41.2 Å². The number of nitrogens with one attached hydrogen (secondary N) is 2. The van der Waals surface area contributed by atoms with Crippen molar-refractivity contribution >= 4 is 0 Å². The summed E-state index contributed by atoms with van der Waals surface area (Å²) in [6.45, 7) is 2.89. The zero-order valence-corrected chi connectivity index (χ0v) is 19.9. The number of aromatic amines is 2. The molecular formula is C25H26F6N4O2. The number of hydrogen-bond donors (Lipinski definition) is 2. The van der Waals surface area contributed by atoms with Gasteiger partial charge in [-0.3, -0.25) is 9.88 Å². The molecule has 1 fully saturated rings. The van der Waals surface area contributed by atoms with Crippen LogP contribution in [-0.2, 0) is 29.1 Å². The van der Waals surface area contributed by atoms with Gasteiger partial charge in [0.05, 0.1) is 30.4 Å². The van der Waals surface area contributed by atoms with Gasteiger partial charge in [0.1, 0.15) is 5.82 Å². The first kappa shape index (κ1) is 26.9. The SMILES string of the molecule is CC(c1n[nH]c(=O)[nH]1)N1CCC(COCc2cc(C(F)(F)F)cc(C(F)(F)F)c2)(c2ccccc2)CC1. The maximum Gasteiger partial charge on any atom is 0.416 e. The Labute approximate surface area is 208 Å². The molecule has 1 aliphatic rings. The van der Waals surface area contributed by atoms with Gasteiger partial charge < -0.3 is 4.74 Å². The van der Waals surface area contributed by atoms with Crippen LogP contribution in [0.2, 0.25) is 0 Å². The standard InChI is InChI=1S/C25H26F6N4O2/c1-16(21-32-22(36)34-33-21)35-9-7-23(8-10-35,18-5-3-2-4-6-18)15-37-14-17-11-19(24(26,27)28)13-20(12-17)25(29,30)31/h2-6,11-13,16H,7-10,14-15H2,1H3,(H2,32,33,34,36). The number of rotatable bonds is 7. The molecule has 1 unspecified atom stereocenters. The fourth-order valence-electron chi connectivity index (χ4n) is 4.77. The summed E-state index contributed by atoms with van der Waals surface area (Å²) in [4.78, 5) is 16.2. The Morgan fingerprint density at radius 2 is 1.59 bits per heavy atom. The molecular weight excluding hydrogens is 502 g/mol. The Bertz CT molecular complexity index is 1210. The Morgan fingerprint density at radius 1 is 1.00 bits per heavy atom. The monoisotopic (exact) mass is 528 g/mol. The third-order valence-electron chi connectivity index (χ3n) is 6.90. The van der Waals surface area contributed by atoms with E-state index in [2.05, 4.69) is 20.1 Å². The average Bonchev–Trinajstić information content (AvgIpc) is 3.29. The van der Waals surface area contributed by atoms with Crippen LogP contribution in [0.4, 0.5) is 26.3 Å². The Morgan fingerprint density at radius 3 is 2.11 bits per heavy atom. The highest BCUT2D eigenvalue weighted by molar-refractivity contribution is 5.33. The minimum atomic E-state index is -4.91. The van der Waals surface area contributed by atoms with Crippen LogP contribution < -0.4 is 5.69 Å². The van der Waals surface area contributed by atoms with Crippen LogP contribution in [0.1, 0.15) is 53.9 Å². The molecule has 0 amide bonds. The highest BCUT2D eigenvalue weighted by Gasteiger charge is 2.39. The molecule has 1 aromatic heterocycles. The van der Waals surface area contributed by atoms with Crippen molar-refractivity contribution in [2.75, 3.05) is 19.7 Å². The second-order valence-electron chi connectivity index (χ2n) is 9.33. The van der Waals surface area contributed by atoms with Gasteiger partial charge in [0.25, 0.3) is 0 Å². The topological polar surface area (TPSA) is 74.0 Å². The number of ether oxygens (including phenoxy) is 1. The van der Waals surface area contributed by atoms with E-state index in [9.17, 15) is 31.1 Å². The van der Waals surface area contributed by atoms with Gasteiger partial charge in [-0.05, 0) is 62.2 Å². The van der Waals surface area contributed by atoms with Gasteiger partial charge in [-0.2, -0.15) is 31.4 Å². The van der Waals surface area contributed by atoms with Gasteiger partial charge in [-0.25, -0.2) is 9.89 Å². The number of piperidine rings is 1. The first-order valence-electron chi connectivity index (χ1n) is 11.7. The molecule has 1 aliphatic heterocycles. The van der Waals surface area contributed by atoms with E-state index in [4.69, 9.17) is 4.74 Å². The first-order chi connectivity index (χ1) is 17.4. The van der Waals surface area contributed by atoms with Crippen molar-refractivity contribution in [1.82, 2.24) is 20.1 Å². The van der Waals surface area contributed by atoms with E-state index in [1.807, 2.05) is 37.3 Å². The van der Waals surface area contributed by atoms with E-state index >= 15 is 0 Å². The van der Waals surface area contributed by atoms with E-state index in [1.165, 1.54) is 0 Å². The lowest BCUT2D eigenvalue weighted by Crippen LogP contribution is -2.46. The fraction of sp³-hybridized carbons (Fsp3) is 0.440. The summed E-state index contributed by atoms with van der Waals surface area (Å²) in [5.74, 6) is 0.512. The number of hydrogen-bond acceptors (Lipinski definition) is 4. The average molecular weight is 528 g/mol. The molecule has 6 nitrogen and oxygen atoms in total. The van der Waals surface area contributed by atoms with Crippen molar-refractivity contribution in [3.8, 4) is 0 Å². The van der Waals surface area contributed by atoms with Crippen molar-refractivity contribution in [1.29, 1.82) is 0 Å². The molecule has 3 aromatic rings. The van der Waals surface area contributed by atoms with Gasteiger partial charge in [0, 0.05) is 5.41 Å². The summed E-state index contributed by atoms with van der Waals surface area (Å²) in [6.07, 6.45) is -8.56. The van der Waals surface area contributed by atoms with Gasteiger partial charge in [-0.1, -0.05) is 30.3 Å². The zero-order valence-electron chi connectivity index (χ0n) is 19.9. The summed E-state index contributed by atoms with van der Waals surface area (Å²) < 4.78 is 85.1. The molecule has 37 heavy (non-hydrogen) atoms. The number of benzene rings is 2. The lowest BCUT2D eigenvalue weighted by Gasteiger charge is -2.43. The first-order valence-corrected chi connectivity index (χ1v) is 11.7. The third-order valence-corrected chi connectivity index (χ3v) is 6.90. The van der Waals surface area contributed by atoms with E-state index in [1.54, 1.807) is 0 Å². The molecule has 2 aromatic carbocycles. The summed E-state index contributed by atoms with van der Waals surface area (Å²) in [6, 6.07) is 10.9. The molecule has 200 valence electrons. The van der Waals surface area contributed by atoms with Crippen molar-refractivity contribution in [3.63, 3.8) is 0 Å². The van der Waals surface area contributed by atoms with Crippen LogP contribution in [0.25, 0.3) is 0 Å². The van der Waals surface area contributed by atoms with Crippen LogP contribution in [0.5, 0.6) is 0 Å². The van der Waals surface area contributed by atoms with Gasteiger partial charge in [0.15, 0.2) is 0 Å². The van der Waals surface area contributed by atoms with Crippen molar-refractivity contribution in [2.24, 2.45) is 0 Å². The number of alkyl halides is 6. The molecule has 1 saturated heterocycles. The van der Waals surface area contributed by atoms with E-state index in [-0.39, 0.29) is 24.3 Å². The molecule has 2 N–H and O–H groups in total. The quantitative estimate of drug-likeness (QED) is 0.400. The fourth-order valence-corrected chi connectivity index (χ4v) is 4.77. The predicted octanol–water partition coefficient (Wildman–Crippen LogP) is 5.45. The maximum absolute atomic E-state index is 13.2. The second kappa shape index (κ2) is 10.3. The van der Waals surface area contributed by atoms with Crippen LogP contribution in [0.15, 0.2) is 53.3 Å². The van der Waals surface area contributed by atoms with Crippen molar-refractivity contribution in [2.45, 2.75) is 50.2 Å². The zero-order chi connectivity index (χ0) is 26.8. The minimum Gasteiger partial charge on any atom is -0.376 e. The van der Waals surface area contributed by atoms with Crippen LogP contribution in [0.3, 0.4) is 0 Å². The Hall–Kier alpha value is -3.12. The van der Waals surface area contributed by atoms with E-state index in [0.717, 1.165) is 5.56 Å². The van der Waals surface area contributed by atoms with Crippen LogP contribution >= 0.6 is 0 Å². The second-order valence-corrected chi connectivity index (χ2v) is 9.33. The van der Waals surface area contributed by atoms with Crippen molar-refractivity contribution in [3.05, 3.63) is 87.1 Å². The Kier molecular flexibility index (Phi) is 7.52. The minimum absolute atomic E-state index is 0.110. The van der Waals surface area contributed by atoms with Crippen LogP contribution in [0, 0.1) is 0 Å². The predicted molar refractivity (Wildman–Crippen MR) is 123 cm³/mol. The molecule has 0 radical (unpaired) electrons. The molecule has 0 aliphatic carbocycles. The maximum atomic E-state index is 13.2. The number of halogens is 6. The van der Waals surface area contributed by atoms with Gasteiger partial charge in [-0.15, -0.1) is 0 Å². The molecule has 0 saturated carbocycles. The largest absolute Gasteiger partial charge is 0.416 e. The van der Waals surface area contributed by atoms with Gasteiger partial charge >= 0.3 is 18.0 Å². The van der Waals surface area contributed by atoms with Gasteiger partial charge in [0.2, 0.25) is 0 Å². The van der Waals surface area contributed by atoms with Crippen molar-refractivity contribution < 1.29 is 31.1 Å². The van der Waals surface area contributed by atoms with E-state index in [0.29, 0.717) is 43.9 Å². The summed E-state index contributed by atoms with van der Waals surface area (Å²) in [5, 5.41) is 6.35. The number of aromatic nitrogens is 3. The highest BCUT2D eigenvalue weighted by Crippen LogP contribution is 2.39. The summed E-state index contributed by atoms with van der Waals surface area (Å²) in [5.41, 5.74) is -2.82. The smallest absolute Gasteiger partial charge is 0.376 e.